The van der Waals surface area contributed by atoms with Gasteiger partial charge in [0, 0.05) is 0 Å². The van der Waals surface area contributed by atoms with Gasteiger partial charge in [-0.25, -0.2) is 0 Å². The van der Waals surface area contributed by atoms with Crippen LogP contribution in [0, 0.1) is 0 Å². The molecular formula is C10H11N2NaO. The molecule has 0 unspecified atom stereocenters. The van der Waals surface area contributed by atoms with Crippen LogP contribution in [-0.2, 0) is 4.79 Å². The summed E-state index contributed by atoms with van der Waals surface area (Å²) in [5.74, 6) is 0.101. The number of hydrazone groups is 1. The summed E-state index contributed by atoms with van der Waals surface area (Å²) in [6.45, 7) is 2.11. The van der Waals surface area contributed by atoms with Crippen LogP contribution in [0.2, 0.25) is 0 Å². The third-order valence-electron chi connectivity index (χ3n) is 2.02. The number of nitrogens with zero attached hydrogens (tertiary/aromatic N) is 2. The molecule has 0 saturated heterocycles. The van der Waals surface area contributed by atoms with Crippen molar-refractivity contribution in [2.24, 2.45) is 5.10 Å². The first-order chi connectivity index (χ1) is 6.27. The molecular weight excluding hydrogens is 187 g/mol. The number of carbonyl (C=O) groups is 1. The summed E-state index contributed by atoms with van der Waals surface area (Å²) in [5, 5.41) is 5.86. The van der Waals surface area contributed by atoms with E-state index in [1.165, 1.54) is 0 Å². The van der Waals surface area contributed by atoms with Gasteiger partial charge in [0.25, 0.3) is 0 Å². The third kappa shape index (κ3) is 2.23. The van der Waals surface area contributed by atoms with Gasteiger partial charge in [0.1, 0.15) is 12.3 Å². The van der Waals surface area contributed by atoms with Crippen molar-refractivity contribution in [3.05, 3.63) is 30.3 Å². The van der Waals surface area contributed by atoms with Crippen LogP contribution in [0.1, 0.15) is 8.35 Å². The van der Waals surface area contributed by atoms with E-state index in [0.717, 1.165) is 5.69 Å². The van der Waals surface area contributed by atoms with E-state index in [1.807, 2.05) is 30.3 Å². The first-order valence-electron chi connectivity index (χ1n) is 4.18. The Balaban J connectivity index is 0.000000980. The fourth-order valence-corrected chi connectivity index (χ4v) is 1.27. The van der Waals surface area contributed by atoms with Crippen LogP contribution in [0.25, 0.3) is 0 Å². The van der Waals surface area contributed by atoms with Crippen LogP contribution in [0.4, 0.5) is 5.69 Å². The molecule has 1 heterocycles. The van der Waals surface area contributed by atoms with Gasteiger partial charge in [-0.2, -0.15) is 5.10 Å². The minimum Gasteiger partial charge on any atom is -1.00 e. The Hall–Kier alpha value is -0.640. The molecule has 0 fully saturated rings. The van der Waals surface area contributed by atoms with Gasteiger partial charge in [-0.05, 0) is 19.1 Å². The molecule has 4 heteroatoms. The van der Waals surface area contributed by atoms with Crippen molar-refractivity contribution < 1.29 is 35.8 Å². The normalized spacial score (nSPS) is 15.1. The Labute approximate surface area is 107 Å². The molecule has 3 nitrogen and oxygen atoms in total. The summed E-state index contributed by atoms with van der Waals surface area (Å²) in [6.07, 6.45) is 0. The van der Waals surface area contributed by atoms with Crippen LogP contribution < -0.4 is 34.6 Å². The second-order valence-corrected chi connectivity index (χ2v) is 3.00. The zero-order valence-electron chi connectivity index (χ0n) is 9.40. The maximum absolute atomic E-state index is 11.2. The number of para-hydroxylation sites is 1. The molecule has 14 heavy (non-hydrogen) atoms. The number of ketones is 1. The molecule has 1 aromatic carbocycles. The average Bonchev–Trinajstić information content (AvgIpc) is 2.49. The van der Waals surface area contributed by atoms with Crippen LogP contribution in [0.15, 0.2) is 35.4 Å². The maximum Gasteiger partial charge on any atom is 1.00 e. The van der Waals surface area contributed by atoms with E-state index in [2.05, 4.69) is 5.10 Å². The number of hydrogen-bond donors (Lipinski definition) is 0. The molecule has 1 aliphatic rings. The fourth-order valence-electron chi connectivity index (χ4n) is 1.27. The van der Waals surface area contributed by atoms with Gasteiger partial charge in [-0.1, -0.05) is 18.2 Å². The van der Waals surface area contributed by atoms with Gasteiger partial charge in [-0.15, -0.1) is 0 Å². The van der Waals surface area contributed by atoms with E-state index in [9.17, 15) is 4.79 Å². The van der Waals surface area contributed by atoms with E-state index in [0.29, 0.717) is 12.3 Å². The predicted molar refractivity (Wildman–Crippen MR) is 53.0 cm³/mol. The summed E-state index contributed by atoms with van der Waals surface area (Å²) < 4.78 is 0. The summed E-state index contributed by atoms with van der Waals surface area (Å²) >= 11 is 0. The van der Waals surface area contributed by atoms with Crippen molar-refractivity contribution in [2.45, 2.75) is 6.92 Å². The summed E-state index contributed by atoms with van der Waals surface area (Å²) in [5.41, 5.74) is 1.55. The van der Waals surface area contributed by atoms with Crippen molar-refractivity contribution in [2.75, 3.05) is 11.6 Å². The van der Waals surface area contributed by atoms with E-state index in [1.54, 1.807) is 11.9 Å². The van der Waals surface area contributed by atoms with Crippen LogP contribution in [0.3, 0.4) is 0 Å². The number of rotatable bonds is 1. The topological polar surface area (TPSA) is 32.7 Å². The van der Waals surface area contributed by atoms with Gasteiger partial charge in [-0.3, -0.25) is 9.80 Å². The Bertz CT molecular complexity index is 367. The van der Waals surface area contributed by atoms with E-state index < -0.39 is 0 Å². The Morgan fingerprint density at radius 3 is 2.50 bits per heavy atom. The SMILES string of the molecule is CC1=NN(c2ccccc2)CC1=O.[H-].[Na+]. The molecule has 0 spiro atoms. The summed E-state index contributed by atoms with van der Waals surface area (Å²) in [6, 6.07) is 9.69. The molecule has 0 aliphatic carbocycles. The quantitative estimate of drug-likeness (QED) is 0.518. The van der Waals surface area contributed by atoms with E-state index in [4.69, 9.17) is 0 Å². The van der Waals surface area contributed by atoms with Crippen LogP contribution in [-0.4, -0.2) is 18.0 Å². The largest absolute Gasteiger partial charge is 1.00 e. The second kappa shape index (κ2) is 4.73. The molecule has 0 amide bonds. The molecule has 0 bridgehead atoms. The summed E-state index contributed by atoms with van der Waals surface area (Å²) in [7, 11) is 0. The standard InChI is InChI=1S/C10H10N2O.Na.H/c1-8-10(13)7-12(11-8)9-5-3-2-4-6-9;;/h2-6H,7H2,1H3;;/q;+1;-1. The Morgan fingerprint density at radius 2 is 2.00 bits per heavy atom. The maximum atomic E-state index is 11.2. The third-order valence-corrected chi connectivity index (χ3v) is 2.02. The van der Waals surface area contributed by atoms with Gasteiger partial charge < -0.3 is 1.43 Å². The fraction of sp³-hybridized carbons (Fsp3) is 0.200. The molecule has 0 aromatic heterocycles. The van der Waals surface area contributed by atoms with Crippen molar-refractivity contribution in [1.82, 2.24) is 0 Å². The predicted octanol–water partition coefficient (Wildman–Crippen LogP) is -1.43. The first-order valence-corrected chi connectivity index (χ1v) is 4.18. The zero-order valence-corrected chi connectivity index (χ0v) is 10.4. The molecule has 2 rings (SSSR count). The molecule has 0 saturated carbocycles. The van der Waals surface area contributed by atoms with Gasteiger partial charge in [0.15, 0.2) is 5.78 Å². The van der Waals surface area contributed by atoms with Crippen molar-refractivity contribution >= 4 is 17.2 Å². The molecule has 0 radical (unpaired) electrons. The second-order valence-electron chi connectivity index (χ2n) is 3.00. The van der Waals surface area contributed by atoms with Crippen molar-refractivity contribution in [1.29, 1.82) is 0 Å². The minimum absolute atomic E-state index is 0. The Morgan fingerprint density at radius 1 is 1.36 bits per heavy atom. The number of carbonyl (C=O) groups excluding carboxylic acids is 1. The zero-order chi connectivity index (χ0) is 9.26. The monoisotopic (exact) mass is 198 g/mol. The molecule has 1 aliphatic heterocycles. The number of anilines is 1. The minimum atomic E-state index is 0. The number of Topliss-reactive ketones (excluding diaryl/α,β-unsaturated/α-hetero) is 1. The van der Waals surface area contributed by atoms with Crippen LogP contribution >= 0.6 is 0 Å². The van der Waals surface area contributed by atoms with Crippen molar-refractivity contribution in [3.8, 4) is 0 Å². The Kier molecular flexibility index (Phi) is 3.86. The molecule has 0 atom stereocenters. The number of hydrogen-bond acceptors (Lipinski definition) is 3. The van der Waals surface area contributed by atoms with Crippen LogP contribution in [0.5, 0.6) is 0 Å². The molecule has 0 N–H and O–H groups in total. The van der Waals surface area contributed by atoms with Gasteiger partial charge >= 0.3 is 29.6 Å². The molecule has 68 valence electrons. The van der Waals surface area contributed by atoms with Gasteiger partial charge in [0.05, 0.1) is 5.69 Å². The van der Waals surface area contributed by atoms with Gasteiger partial charge in [0.2, 0.25) is 0 Å². The average molecular weight is 198 g/mol. The van der Waals surface area contributed by atoms with E-state index in [-0.39, 0.29) is 36.8 Å². The van der Waals surface area contributed by atoms with Crippen molar-refractivity contribution in [3.63, 3.8) is 0 Å². The smallest absolute Gasteiger partial charge is 1.00 e. The van der Waals surface area contributed by atoms with E-state index >= 15 is 0 Å². The first kappa shape index (κ1) is 11.4. The number of benzene rings is 1. The summed E-state index contributed by atoms with van der Waals surface area (Å²) in [4.78, 5) is 11.2. The molecule has 1 aromatic rings.